The van der Waals surface area contributed by atoms with E-state index in [1.54, 1.807) is 13.0 Å². The first kappa shape index (κ1) is 14.6. The number of halogens is 1. The van der Waals surface area contributed by atoms with Crippen LogP contribution in [0.3, 0.4) is 0 Å². The number of nitrogens with one attached hydrogen (secondary N) is 1. The number of hydrogen-bond acceptors (Lipinski definition) is 2. The molecule has 0 heterocycles. The molecule has 4 heteroatoms. The molecule has 0 spiro atoms. The van der Waals surface area contributed by atoms with Crippen LogP contribution in [0.4, 0.5) is 4.39 Å². The van der Waals surface area contributed by atoms with E-state index in [0.717, 1.165) is 5.56 Å². The molecular weight excluding hydrogens is 233 g/mol. The van der Waals surface area contributed by atoms with Crippen LogP contribution in [0.1, 0.15) is 36.2 Å². The van der Waals surface area contributed by atoms with Crippen molar-refractivity contribution in [3.05, 3.63) is 35.1 Å². The summed E-state index contributed by atoms with van der Waals surface area (Å²) < 4.78 is 13.5. The monoisotopic (exact) mass is 253 g/mol. The molecule has 0 saturated heterocycles. The average Bonchev–Trinajstić information content (AvgIpc) is 2.30. The first-order valence-electron chi connectivity index (χ1n) is 6.12. The molecule has 1 aromatic rings. The number of aliphatic hydroxyl groups is 1. The summed E-state index contributed by atoms with van der Waals surface area (Å²) in [6, 6.07) is 4.07. The topological polar surface area (TPSA) is 49.3 Å². The molecule has 0 aliphatic heterocycles. The number of amides is 1. The third-order valence-electron chi connectivity index (χ3n) is 2.68. The second kappa shape index (κ2) is 6.50. The Morgan fingerprint density at radius 3 is 2.67 bits per heavy atom. The summed E-state index contributed by atoms with van der Waals surface area (Å²) in [6.07, 6.45) is 0.662. The first-order chi connectivity index (χ1) is 8.43. The molecule has 0 aromatic heterocycles. The van der Waals surface area contributed by atoms with Gasteiger partial charge in [0.15, 0.2) is 0 Å². The molecule has 0 aliphatic carbocycles. The van der Waals surface area contributed by atoms with E-state index in [1.807, 2.05) is 13.8 Å². The molecule has 3 nitrogen and oxygen atoms in total. The fraction of sp³-hybridized carbons (Fsp3) is 0.500. The first-order valence-corrected chi connectivity index (χ1v) is 6.12. The third-order valence-corrected chi connectivity index (χ3v) is 2.68. The molecule has 0 radical (unpaired) electrons. The van der Waals surface area contributed by atoms with E-state index >= 15 is 0 Å². The molecule has 1 rings (SSSR count). The van der Waals surface area contributed by atoms with Crippen molar-refractivity contribution in [1.82, 2.24) is 5.32 Å². The van der Waals surface area contributed by atoms with E-state index in [4.69, 9.17) is 0 Å². The second-order valence-electron chi connectivity index (χ2n) is 4.97. The van der Waals surface area contributed by atoms with Crippen molar-refractivity contribution < 1.29 is 14.3 Å². The van der Waals surface area contributed by atoms with Crippen molar-refractivity contribution in [2.45, 2.75) is 33.2 Å². The summed E-state index contributed by atoms with van der Waals surface area (Å²) in [6.45, 7) is 5.66. The lowest BCUT2D eigenvalue weighted by Crippen LogP contribution is -2.38. The number of aryl methyl sites for hydroxylation is 1. The van der Waals surface area contributed by atoms with Crippen molar-refractivity contribution in [2.75, 3.05) is 6.61 Å². The molecule has 0 bridgehead atoms. The lowest BCUT2D eigenvalue weighted by atomic mass is 10.0. The summed E-state index contributed by atoms with van der Waals surface area (Å²) >= 11 is 0. The fourth-order valence-electron chi connectivity index (χ4n) is 1.82. The van der Waals surface area contributed by atoms with Crippen LogP contribution in [-0.4, -0.2) is 23.7 Å². The summed E-state index contributed by atoms with van der Waals surface area (Å²) in [5, 5.41) is 11.8. The van der Waals surface area contributed by atoms with Crippen LogP contribution in [0.25, 0.3) is 0 Å². The minimum atomic E-state index is -0.542. The summed E-state index contributed by atoms with van der Waals surface area (Å²) in [7, 11) is 0. The molecule has 0 saturated carbocycles. The number of aliphatic hydroxyl groups excluding tert-OH is 1. The van der Waals surface area contributed by atoms with Crippen molar-refractivity contribution in [2.24, 2.45) is 5.92 Å². The Balaban J connectivity index is 2.77. The van der Waals surface area contributed by atoms with Gasteiger partial charge in [0.05, 0.1) is 18.2 Å². The Bertz CT molecular complexity index is 418. The highest BCUT2D eigenvalue weighted by Crippen LogP contribution is 2.11. The van der Waals surface area contributed by atoms with Gasteiger partial charge in [-0.1, -0.05) is 25.5 Å². The fourth-order valence-corrected chi connectivity index (χ4v) is 1.82. The largest absolute Gasteiger partial charge is 0.394 e. The van der Waals surface area contributed by atoms with E-state index in [-0.39, 0.29) is 18.2 Å². The molecule has 1 aromatic carbocycles. The van der Waals surface area contributed by atoms with E-state index in [0.29, 0.717) is 12.3 Å². The van der Waals surface area contributed by atoms with Crippen LogP contribution < -0.4 is 5.32 Å². The van der Waals surface area contributed by atoms with Crippen molar-refractivity contribution in [3.63, 3.8) is 0 Å². The van der Waals surface area contributed by atoms with Gasteiger partial charge in [0.2, 0.25) is 0 Å². The number of carbonyl (C=O) groups is 1. The highest BCUT2D eigenvalue weighted by atomic mass is 19.1. The van der Waals surface area contributed by atoms with Gasteiger partial charge in [0.25, 0.3) is 5.91 Å². The van der Waals surface area contributed by atoms with Gasteiger partial charge < -0.3 is 10.4 Å². The maximum Gasteiger partial charge on any atom is 0.254 e. The van der Waals surface area contributed by atoms with Gasteiger partial charge >= 0.3 is 0 Å². The van der Waals surface area contributed by atoms with Gasteiger partial charge in [-0.05, 0) is 31.4 Å². The van der Waals surface area contributed by atoms with Crippen molar-refractivity contribution >= 4 is 5.91 Å². The zero-order valence-corrected chi connectivity index (χ0v) is 11.0. The van der Waals surface area contributed by atoms with Crippen LogP contribution in [0.5, 0.6) is 0 Å². The Morgan fingerprint density at radius 2 is 2.11 bits per heavy atom. The number of benzene rings is 1. The van der Waals surface area contributed by atoms with Gasteiger partial charge in [-0.15, -0.1) is 0 Å². The molecule has 1 amide bonds. The molecule has 100 valence electrons. The van der Waals surface area contributed by atoms with Crippen LogP contribution in [0.15, 0.2) is 18.2 Å². The second-order valence-corrected chi connectivity index (χ2v) is 4.97. The van der Waals surface area contributed by atoms with Crippen molar-refractivity contribution in [1.29, 1.82) is 0 Å². The minimum Gasteiger partial charge on any atom is -0.394 e. The van der Waals surface area contributed by atoms with Gasteiger partial charge in [-0.2, -0.15) is 0 Å². The van der Waals surface area contributed by atoms with Gasteiger partial charge in [0.1, 0.15) is 5.82 Å². The Morgan fingerprint density at radius 1 is 1.44 bits per heavy atom. The molecule has 0 aliphatic rings. The summed E-state index contributed by atoms with van der Waals surface area (Å²) in [4.78, 5) is 11.9. The SMILES string of the molecule is Cc1ccc(F)c(C(=O)NC(CO)CC(C)C)c1. The number of carbonyl (C=O) groups excluding carboxylic acids is 1. The quantitative estimate of drug-likeness (QED) is 0.845. The number of rotatable bonds is 5. The predicted octanol–water partition coefficient (Wildman–Crippen LogP) is 2.27. The molecule has 1 unspecified atom stereocenters. The predicted molar refractivity (Wildman–Crippen MR) is 68.9 cm³/mol. The Kier molecular flexibility index (Phi) is 5.28. The van der Waals surface area contributed by atoms with E-state index in [9.17, 15) is 14.3 Å². The molecule has 18 heavy (non-hydrogen) atoms. The third kappa shape index (κ3) is 4.11. The van der Waals surface area contributed by atoms with E-state index in [1.165, 1.54) is 12.1 Å². The van der Waals surface area contributed by atoms with Gasteiger partial charge in [-0.25, -0.2) is 4.39 Å². The van der Waals surface area contributed by atoms with Gasteiger partial charge in [-0.3, -0.25) is 4.79 Å². The minimum absolute atomic E-state index is 0.0252. The normalized spacial score (nSPS) is 12.6. The number of hydrogen-bond donors (Lipinski definition) is 2. The summed E-state index contributed by atoms with van der Waals surface area (Å²) in [5.41, 5.74) is 0.850. The van der Waals surface area contributed by atoms with E-state index < -0.39 is 11.7 Å². The van der Waals surface area contributed by atoms with Crippen LogP contribution in [-0.2, 0) is 0 Å². The lowest BCUT2D eigenvalue weighted by Gasteiger charge is -2.18. The zero-order chi connectivity index (χ0) is 13.7. The Labute approximate surface area is 107 Å². The van der Waals surface area contributed by atoms with Crippen LogP contribution in [0.2, 0.25) is 0 Å². The Hall–Kier alpha value is -1.42. The van der Waals surface area contributed by atoms with Crippen LogP contribution >= 0.6 is 0 Å². The summed E-state index contributed by atoms with van der Waals surface area (Å²) in [5.74, 6) is -0.667. The molecule has 1 atom stereocenters. The molecular formula is C14H20FNO2. The highest BCUT2D eigenvalue weighted by molar-refractivity contribution is 5.94. The molecule has 0 fully saturated rings. The maximum atomic E-state index is 13.5. The van der Waals surface area contributed by atoms with E-state index in [2.05, 4.69) is 5.32 Å². The van der Waals surface area contributed by atoms with Gasteiger partial charge in [0, 0.05) is 0 Å². The molecule has 2 N–H and O–H groups in total. The highest BCUT2D eigenvalue weighted by Gasteiger charge is 2.17. The maximum absolute atomic E-state index is 13.5. The standard InChI is InChI=1S/C14H20FNO2/c1-9(2)6-11(8-17)16-14(18)12-7-10(3)4-5-13(12)15/h4-5,7,9,11,17H,6,8H2,1-3H3,(H,16,18). The zero-order valence-electron chi connectivity index (χ0n) is 11.0. The average molecular weight is 253 g/mol. The lowest BCUT2D eigenvalue weighted by molar-refractivity contribution is 0.0904. The smallest absolute Gasteiger partial charge is 0.254 e. The van der Waals surface area contributed by atoms with Crippen molar-refractivity contribution in [3.8, 4) is 0 Å². The van der Waals surface area contributed by atoms with Crippen LogP contribution in [0, 0.1) is 18.7 Å².